The number of hydrogen-bond acceptors (Lipinski definition) is 3. The molecule has 0 bridgehead atoms. The molecule has 1 N–H and O–H groups in total. The van der Waals surface area contributed by atoms with E-state index in [2.05, 4.69) is 20.7 Å². The maximum absolute atomic E-state index is 13.8. The molecule has 0 saturated carbocycles. The minimum absolute atomic E-state index is 0.187. The van der Waals surface area contributed by atoms with E-state index in [1.54, 1.807) is 6.07 Å². The first-order valence-electron chi connectivity index (χ1n) is 6.41. The maximum atomic E-state index is 13.8. The van der Waals surface area contributed by atoms with Gasteiger partial charge in [0.15, 0.2) is 11.6 Å². The van der Waals surface area contributed by atoms with E-state index >= 15 is 0 Å². The molecule has 0 aromatic heterocycles. The zero-order valence-electron chi connectivity index (χ0n) is 12.4. The second kappa shape index (κ2) is 7.11. The SMILES string of the molecule is CCC(N[S+]([O-])C(C)(C)C)c1cc(F)c(OC)cc1Br. The number of hydrogen-bond donors (Lipinski definition) is 1. The fourth-order valence-corrected chi connectivity index (χ4v) is 3.14. The van der Waals surface area contributed by atoms with Gasteiger partial charge in [-0.05, 0) is 44.9 Å². The molecule has 0 spiro atoms. The predicted octanol–water partition coefficient (Wildman–Crippen LogP) is 4.10. The lowest BCUT2D eigenvalue weighted by Gasteiger charge is -2.28. The van der Waals surface area contributed by atoms with Gasteiger partial charge in [0.2, 0.25) is 0 Å². The molecule has 2 unspecified atom stereocenters. The highest BCUT2D eigenvalue weighted by Gasteiger charge is 2.30. The lowest BCUT2D eigenvalue weighted by Crippen LogP contribution is -2.41. The molecule has 0 amide bonds. The van der Waals surface area contributed by atoms with E-state index in [-0.39, 0.29) is 16.5 Å². The summed E-state index contributed by atoms with van der Waals surface area (Å²) in [6.45, 7) is 7.65. The lowest BCUT2D eigenvalue weighted by atomic mass is 10.1. The van der Waals surface area contributed by atoms with Crippen LogP contribution in [-0.2, 0) is 11.4 Å². The van der Waals surface area contributed by atoms with Gasteiger partial charge in [-0.1, -0.05) is 22.9 Å². The van der Waals surface area contributed by atoms with Crippen LogP contribution in [0.15, 0.2) is 16.6 Å². The average Bonchev–Trinajstić information content (AvgIpc) is 2.37. The minimum Gasteiger partial charge on any atom is -0.598 e. The van der Waals surface area contributed by atoms with Crippen LogP contribution in [0.5, 0.6) is 5.75 Å². The van der Waals surface area contributed by atoms with Gasteiger partial charge >= 0.3 is 0 Å². The van der Waals surface area contributed by atoms with Crippen molar-refractivity contribution < 1.29 is 13.7 Å². The van der Waals surface area contributed by atoms with Crippen molar-refractivity contribution >= 4 is 27.3 Å². The Labute approximate surface area is 131 Å². The van der Waals surface area contributed by atoms with E-state index < -0.39 is 17.2 Å². The normalized spacial score (nSPS) is 15.0. The van der Waals surface area contributed by atoms with Crippen LogP contribution < -0.4 is 9.46 Å². The predicted molar refractivity (Wildman–Crippen MR) is 84.7 cm³/mol. The van der Waals surface area contributed by atoms with Gasteiger partial charge < -0.3 is 9.29 Å². The van der Waals surface area contributed by atoms with Crippen molar-refractivity contribution in [2.75, 3.05) is 7.11 Å². The summed E-state index contributed by atoms with van der Waals surface area (Å²) in [5.41, 5.74) is 0.739. The molecule has 20 heavy (non-hydrogen) atoms. The van der Waals surface area contributed by atoms with E-state index in [1.807, 2.05) is 27.7 Å². The highest BCUT2D eigenvalue weighted by atomic mass is 79.9. The molecule has 0 saturated heterocycles. The van der Waals surface area contributed by atoms with Gasteiger partial charge in [-0.15, -0.1) is 4.72 Å². The Kier molecular flexibility index (Phi) is 6.31. The van der Waals surface area contributed by atoms with Crippen molar-refractivity contribution in [1.82, 2.24) is 4.72 Å². The summed E-state index contributed by atoms with van der Waals surface area (Å²) < 4.78 is 34.4. The third-order valence-electron chi connectivity index (χ3n) is 2.86. The molecule has 1 aromatic carbocycles. The third kappa shape index (κ3) is 4.35. The molecular formula is C14H21BrFNO2S. The molecule has 6 heteroatoms. The standard InChI is InChI=1S/C14H21BrFNO2S/c1-6-12(17-20(18)14(2,3)4)9-7-11(16)13(19-5)8-10(9)15/h7-8,12,17H,6H2,1-5H3. The largest absolute Gasteiger partial charge is 0.598 e. The zero-order valence-corrected chi connectivity index (χ0v) is 14.8. The first kappa shape index (κ1) is 17.8. The van der Waals surface area contributed by atoms with Crippen molar-refractivity contribution in [2.24, 2.45) is 0 Å². The first-order chi connectivity index (χ1) is 9.20. The molecule has 0 aliphatic rings. The van der Waals surface area contributed by atoms with E-state index in [9.17, 15) is 8.94 Å². The van der Waals surface area contributed by atoms with Crippen LogP contribution in [0.25, 0.3) is 0 Å². The van der Waals surface area contributed by atoms with Gasteiger partial charge in [0.05, 0.1) is 13.2 Å². The summed E-state index contributed by atoms with van der Waals surface area (Å²) in [7, 11) is 1.43. The quantitative estimate of drug-likeness (QED) is 0.798. The molecule has 1 rings (SSSR count). The van der Waals surface area contributed by atoms with Crippen molar-refractivity contribution in [3.05, 3.63) is 28.0 Å². The van der Waals surface area contributed by atoms with Crippen molar-refractivity contribution in [1.29, 1.82) is 0 Å². The summed E-state index contributed by atoms with van der Waals surface area (Å²) in [4.78, 5) is 0. The number of ether oxygens (including phenoxy) is 1. The Balaban J connectivity index is 3.04. The molecule has 1 aromatic rings. The number of halogens is 2. The van der Waals surface area contributed by atoms with Gasteiger partial charge in [0.25, 0.3) is 0 Å². The Morgan fingerprint density at radius 2 is 2.05 bits per heavy atom. The Morgan fingerprint density at radius 3 is 2.50 bits per heavy atom. The van der Waals surface area contributed by atoms with Crippen molar-refractivity contribution in [3.63, 3.8) is 0 Å². The van der Waals surface area contributed by atoms with Gasteiger partial charge in [0.1, 0.15) is 4.75 Å². The molecule has 0 aliphatic heterocycles. The van der Waals surface area contributed by atoms with E-state index in [4.69, 9.17) is 4.74 Å². The maximum Gasteiger partial charge on any atom is 0.165 e. The number of methoxy groups -OCH3 is 1. The van der Waals surface area contributed by atoms with Crippen LogP contribution in [0.2, 0.25) is 0 Å². The fourth-order valence-electron chi connectivity index (χ4n) is 1.64. The summed E-state index contributed by atoms with van der Waals surface area (Å²) in [6, 6.07) is 2.82. The molecule has 0 radical (unpaired) electrons. The number of nitrogens with one attached hydrogen (secondary N) is 1. The summed E-state index contributed by atoms with van der Waals surface area (Å²) in [5.74, 6) is -0.236. The summed E-state index contributed by atoms with van der Waals surface area (Å²) in [5, 5.41) is 0. The molecule has 0 aliphatic carbocycles. The first-order valence-corrected chi connectivity index (χ1v) is 8.36. The monoisotopic (exact) mass is 365 g/mol. The second-order valence-electron chi connectivity index (χ2n) is 5.47. The molecular weight excluding hydrogens is 345 g/mol. The second-order valence-corrected chi connectivity index (χ2v) is 8.32. The van der Waals surface area contributed by atoms with E-state index in [1.165, 1.54) is 13.2 Å². The molecule has 2 atom stereocenters. The Bertz CT molecular complexity index is 465. The number of benzene rings is 1. The smallest absolute Gasteiger partial charge is 0.165 e. The summed E-state index contributed by atoms with van der Waals surface area (Å²) >= 11 is 2.20. The van der Waals surface area contributed by atoms with Gasteiger partial charge in [-0.25, -0.2) is 4.39 Å². The topological polar surface area (TPSA) is 44.3 Å². The highest BCUT2D eigenvalue weighted by molar-refractivity contribution is 9.10. The Morgan fingerprint density at radius 1 is 1.45 bits per heavy atom. The molecule has 3 nitrogen and oxygen atoms in total. The molecule has 0 fully saturated rings. The van der Waals surface area contributed by atoms with Crippen LogP contribution in [0.1, 0.15) is 45.7 Å². The summed E-state index contributed by atoms with van der Waals surface area (Å²) in [6.07, 6.45) is 0.701. The van der Waals surface area contributed by atoms with Crippen LogP contribution in [0.4, 0.5) is 4.39 Å². The molecule has 0 heterocycles. The van der Waals surface area contributed by atoms with Crippen LogP contribution >= 0.6 is 15.9 Å². The highest BCUT2D eigenvalue weighted by Crippen LogP contribution is 2.32. The van der Waals surface area contributed by atoms with Crippen LogP contribution in [0.3, 0.4) is 0 Å². The van der Waals surface area contributed by atoms with Crippen LogP contribution in [0, 0.1) is 5.82 Å². The third-order valence-corrected chi connectivity index (χ3v) is 5.16. The van der Waals surface area contributed by atoms with E-state index in [0.717, 1.165) is 10.0 Å². The minimum atomic E-state index is -1.21. The zero-order chi connectivity index (χ0) is 15.5. The average molecular weight is 366 g/mol. The fraction of sp³-hybridized carbons (Fsp3) is 0.571. The van der Waals surface area contributed by atoms with E-state index in [0.29, 0.717) is 6.42 Å². The van der Waals surface area contributed by atoms with Gasteiger partial charge in [-0.2, -0.15) is 0 Å². The lowest BCUT2D eigenvalue weighted by molar-refractivity contribution is 0.385. The number of rotatable bonds is 5. The molecule has 114 valence electrons. The van der Waals surface area contributed by atoms with Crippen molar-refractivity contribution in [2.45, 2.75) is 44.9 Å². The van der Waals surface area contributed by atoms with Crippen molar-refractivity contribution in [3.8, 4) is 5.75 Å². The Hall–Kier alpha value is -0.300. The van der Waals surface area contributed by atoms with Gasteiger partial charge in [0, 0.05) is 15.8 Å². The van der Waals surface area contributed by atoms with Gasteiger partial charge in [-0.3, -0.25) is 0 Å². The van der Waals surface area contributed by atoms with Crippen LogP contribution in [-0.4, -0.2) is 16.4 Å².